The summed E-state index contributed by atoms with van der Waals surface area (Å²) in [4.78, 5) is 15.6. The van der Waals surface area contributed by atoms with E-state index >= 15 is 0 Å². The van der Waals surface area contributed by atoms with Gasteiger partial charge in [-0.2, -0.15) is 0 Å². The Kier molecular flexibility index (Phi) is 7.16. The largest absolute Gasteiger partial charge is 0.375 e. The van der Waals surface area contributed by atoms with Crippen LogP contribution in [0.15, 0.2) is 60.7 Å². The molecule has 3 unspecified atom stereocenters. The molecular formula is C30H37N3O4S. The molecule has 2 aromatic carbocycles. The highest BCUT2D eigenvalue weighted by molar-refractivity contribution is 7.90. The Bertz CT molecular complexity index is 1280. The molecule has 6 rings (SSSR count). The molecular weight excluding hydrogens is 498 g/mol. The predicted molar refractivity (Wildman–Crippen MR) is 148 cm³/mol. The summed E-state index contributed by atoms with van der Waals surface area (Å²) in [5.74, 6) is -0.191. The molecule has 3 fully saturated rings. The van der Waals surface area contributed by atoms with Crippen LogP contribution in [-0.4, -0.2) is 62.3 Å². The van der Waals surface area contributed by atoms with Gasteiger partial charge in [0.25, 0.3) is 0 Å². The number of hydrogen-bond acceptors (Lipinski definition) is 5. The number of rotatable bonds is 8. The summed E-state index contributed by atoms with van der Waals surface area (Å²) < 4.78 is 35.7. The van der Waals surface area contributed by atoms with Crippen LogP contribution >= 0.6 is 0 Å². The number of amides is 1. The summed E-state index contributed by atoms with van der Waals surface area (Å²) in [5.41, 5.74) is 3.53. The third kappa shape index (κ3) is 5.19. The fourth-order valence-corrected chi connectivity index (χ4v) is 8.52. The first-order valence-electron chi connectivity index (χ1n) is 13.9. The number of allylic oxidation sites excluding steroid dienone is 1. The van der Waals surface area contributed by atoms with Crippen LogP contribution in [-0.2, 0) is 31.6 Å². The maximum atomic E-state index is 13.8. The molecule has 0 saturated carbocycles. The molecule has 2 bridgehead atoms. The van der Waals surface area contributed by atoms with Gasteiger partial charge in [-0.3, -0.25) is 4.79 Å². The molecule has 3 atom stereocenters. The van der Waals surface area contributed by atoms with Crippen molar-refractivity contribution in [1.29, 1.82) is 0 Å². The maximum Gasteiger partial charge on any atom is 0.243 e. The minimum Gasteiger partial charge on any atom is -0.375 e. The number of piperidine rings is 2. The molecule has 3 aliphatic heterocycles. The van der Waals surface area contributed by atoms with Gasteiger partial charge in [-0.05, 0) is 55.2 Å². The van der Waals surface area contributed by atoms with Crippen molar-refractivity contribution in [2.24, 2.45) is 0 Å². The molecule has 2 aromatic rings. The number of carbonyl (C=O) groups is 1. The molecule has 0 aromatic heterocycles. The number of ether oxygens (including phenoxy) is 1. The van der Waals surface area contributed by atoms with Gasteiger partial charge in [0, 0.05) is 30.6 Å². The predicted octanol–water partition coefficient (Wildman–Crippen LogP) is 3.36. The Morgan fingerprint density at radius 2 is 1.71 bits per heavy atom. The molecule has 8 heteroatoms. The second-order valence-electron chi connectivity index (χ2n) is 11.3. The summed E-state index contributed by atoms with van der Waals surface area (Å²) in [7, 11) is -3.68. The van der Waals surface area contributed by atoms with Crippen molar-refractivity contribution in [3.8, 4) is 0 Å². The van der Waals surface area contributed by atoms with Crippen molar-refractivity contribution >= 4 is 22.0 Å². The summed E-state index contributed by atoms with van der Waals surface area (Å²) in [6, 6.07) is 17.8. The third-order valence-corrected chi connectivity index (χ3v) is 10.8. The summed E-state index contributed by atoms with van der Waals surface area (Å²) in [5, 5.41) is 3.03. The Labute approximate surface area is 225 Å². The standard InChI is InChI=1S/C30H37N3O4S/c34-29(33-16-14-30(15-17-33)13-12-23-8-4-5-9-27(23)30)28(21-37-20-22-6-2-1-3-7-22)32-38(35,36)26-18-24-10-11-25(19-26)31-24/h1-9,12-13,24-26,28,31-32H,10-11,14-21H2. The zero-order valence-corrected chi connectivity index (χ0v) is 22.5. The van der Waals surface area contributed by atoms with Crippen LogP contribution in [0.1, 0.15) is 55.2 Å². The first-order chi connectivity index (χ1) is 18.4. The van der Waals surface area contributed by atoms with Gasteiger partial charge >= 0.3 is 0 Å². The van der Waals surface area contributed by atoms with Crippen molar-refractivity contribution in [1.82, 2.24) is 14.9 Å². The number of likely N-dealkylation sites (tertiary alicyclic amines) is 1. The molecule has 0 radical (unpaired) electrons. The molecule has 7 nitrogen and oxygen atoms in total. The Morgan fingerprint density at radius 3 is 2.45 bits per heavy atom. The van der Waals surface area contributed by atoms with Gasteiger partial charge in [0.15, 0.2) is 0 Å². The normalized spacial score (nSPS) is 26.4. The third-order valence-electron chi connectivity index (χ3n) is 8.92. The van der Waals surface area contributed by atoms with Crippen LogP contribution in [0.25, 0.3) is 6.08 Å². The second kappa shape index (κ2) is 10.6. The van der Waals surface area contributed by atoms with Gasteiger partial charge < -0.3 is 15.0 Å². The monoisotopic (exact) mass is 535 g/mol. The number of nitrogens with zero attached hydrogens (tertiary/aromatic N) is 1. The average Bonchev–Trinajstić information content (AvgIpc) is 3.47. The second-order valence-corrected chi connectivity index (χ2v) is 13.3. The average molecular weight is 536 g/mol. The van der Waals surface area contributed by atoms with Crippen LogP contribution in [0.5, 0.6) is 0 Å². The van der Waals surface area contributed by atoms with E-state index in [9.17, 15) is 13.2 Å². The number of sulfonamides is 1. The molecule has 1 spiro atoms. The van der Waals surface area contributed by atoms with E-state index in [-0.39, 0.29) is 30.0 Å². The van der Waals surface area contributed by atoms with E-state index in [2.05, 4.69) is 46.5 Å². The van der Waals surface area contributed by atoms with Gasteiger partial charge in [-0.15, -0.1) is 0 Å². The Balaban J connectivity index is 1.15. The minimum absolute atomic E-state index is 0.00909. The lowest BCUT2D eigenvalue weighted by atomic mass is 9.74. The van der Waals surface area contributed by atoms with Gasteiger partial charge in [0.1, 0.15) is 6.04 Å². The maximum absolute atomic E-state index is 13.8. The Morgan fingerprint density at radius 1 is 1.03 bits per heavy atom. The highest BCUT2D eigenvalue weighted by Crippen LogP contribution is 2.43. The number of carbonyl (C=O) groups excluding carboxylic acids is 1. The number of nitrogens with one attached hydrogen (secondary N) is 2. The van der Waals surface area contributed by atoms with Crippen LogP contribution in [0.2, 0.25) is 0 Å². The summed E-state index contributed by atoms with van der Waals surface area (Å²) in [6.07, 6.45) is 9.35. The molecule has 38 heavy (non-hydrogen) atoms. The van der Waals surface area contributed by atoms with Crippen LogP contribution in [0.4, 0.5) is 0 Å². The fourth-order valence-electron chi connectivity index (χ4n) is 6.79. The van der Waals surface area contributed by atoms with Gasteiger partial charge in [0.2, 0.25) is 15.9 Å². The molecule has 1 amide bonds. The van der Waals surface area contributed by atoms with Gasteiger partial charge in [0.05, 0.1) is 18.5 Å². The fraction of sp³-hybridized carbons (Fsp3) is 0.500. The lowest BCUT2D eigenvalue weighted by molar-refractivity contribution is -0.136. The van der Waals surface area contributed by atoms with Crippen molar-refractivity contribution in [3.63, 3.8) is 0 Å². The zero-order valence-electron chi connectivity index (χ0n) is 21.7. The first-order valence-corrected chi connectivity index (χ1v) is 15.4. The van der Waals surface area contributed by atoms with Crippen LogP contribution in [0.3, 0.4) is 0 Å². The van der Waals surface area contributed by atoms with E-state index < -0.39 is 21.3 Å². The molecule has 2 N–H and O–H groups in total. The number of fused-ring (bicyclic) bond motifs is 4. The van der Waals surface area contributed by atoms with Gasteiger partial charge in [-0.1, -0.05) is 66.7 Å². The minimum atomic E-state index is -3.68. The van der Waals surface area contributed by atoms with E-state index in [0.717, 1.165) is 31.2 Å². The molecule has 1 aliphatic carbocycles. The lowest BCUT2D eigenvalue weighted by Crippen LogP contribution is -2.56. The van der Waals surface area contributed by atoms with E-state index in [1.807, 2.05) is 35.2 Å². The zero-order chi connectivity index (χ0) is 26.2. The smallest absolute Gasteiger partial charge is 0.243 e. The quantitative estimate of drug-likeness (QED) is 0.541. The van der Waals surface area contributed by atoms with Crippen molar-refractivity contribution in [3.05, 3.63) is 77.4 Å². The highest BCUT2D eigenvalue weighted by atomic mass is 32.2. The SMILES string of the molecule is O=C(C(COCc1ccccc1)NS(=O)(=O)C1CC2CCC(C1)N2)N1CCC2(C=Cc3ccccc32)CC1. The van der Waals surface area contributed by atoms with Gasteiger partial charge in [-0.25, -0.2) is 13.1 Å². The summed E-state index contributed by atoms with van der Waals surface area (Å²) in [6.45, 7) is 1.52. The summed E-state index contributed by atoms with van der Waals surface area (Å²) >= 11 is 0. The van der Waals surface area contributed by atoms with Crippen LogP contribution < -0.4 is 10.0 Å². The van der Waals surface area contributed by atoms with Crippen molar-refractivity contribution in [2.75, 3.05) is 19.7 Å². The Hall–Kier alpha value is -2.52. The van der Waals surface area contributed by atoms with Crippen molar-refractivity contribution < 1.29 is 17.9 Å². The topological polar surface area (TPSA) is 87.7 Å². The molecule has 4 aliphatic rings. The van der Waals surface area contributed by atoms with Crippen molar-refractivity contribution in [2.45, 2.75) is 73.9 Å². The number of hydrogen-bond donors (Lipinski definition) is 2. The molecule has 202 valence electrons. The van der Waals surface area contributed by atoms with E-state index in [4.69, 9.17) is 4.74 Å². The first kappa shape index (κ1) is 25.7. The molecule has 3 heterocycles. The molecule has 3 saturated heterocycles. The van der Waals surface area contributed by atoms with E-state index in [1.165, 1.54) is 11.1 Å². The van der Waals surface area contributed by atoms with Crippen LogP contribution in [0, 0.1) is 0 Å². The van der Waals surface area contributed by atoms with E-state index in [0.29, 0.717) is 32.5 Å². The lowest BCUT2D eigenvalue weighted by Gasteiger charge is -2.40. The highest BCUT2D eigenvalue weighted by Gasteiger charge is 2.43. The van der Waals surface area contributed by atoms with E-state index in [1.54, 1.807) is 0 Å². The number of benzene rings is 2.